The van der Waals surface area contributed by atoms with Crippen LogP contribution in [0.15, 0.2) is 24.3 Å². The summed E-state index contributed by atoms with van der Waals surface area (Å²) in [5.74, 6) is -1.02. The first-order valence-corrected chi connectivity index (χ1v) is 7.30. The number of carbonyl (C=O) groups is 2. The second-order valence-electron chi connectivity index (χ2n) is 5.54. The fourth-order valence-electron chi connectivity index (χ4n) is 2.81. The molecule has 1 aromatic rings. The summed E-state index contributed by atoms with van der Waals surface area (Å²) in [7, 11) is 0. The van der Waals surface area contributed by atoms with Crippen molar-refractivity contribution in [2.24, 2.45) is 0 Å². The van der Waals surface area contributed by atoms with E-state index in [2.05, 4.69) is 0 Å². The predicted molar refractivity (Wildman–Crippen MR) is 76.3 cm³/mol. The van der Waals surface area contributed by atoms with Crippen LogP contribution in [0.1, 0.15) is 18.4 Å². The number of carboxylic acid groups (broad SMARTS) is 1. The average molecular weight is 310 g/mol. The number of carboxylic acids is 1. The SMILES string of the molecule is O=C(O)[C@H]1CN(C(=O)C2(c3ccc(Cl)cc3)CC2)CCO1. The van der Waals surface area contributed by atoms with Crippen molar-refractivity contribution in [1.82, 2.24) is 4.90 Å². The van der Waals surface area contributed by atoms with Crippen molar-refractivity contribution in [3.63, 3.8) is 0 Å². The fourth-order valence-corrected chi connectivity index (χ4v) is 2.93. The molecule has 1 saturated heterocycles. The molecule has 6 heteroatoms. The van der Waals surface area contributed by atoms with Gasteiger partial charge in [0, 0.05) is 11.6 Å². The first-order chi connectivity index (χ1) is 10.0. The summed E-state index contributed by atoms with van der Waals surface area (Å²) in [6, 6.07) is 7.32. The van der Waals surface area contributed by atoms with Gasteiger partial charge in [-0.05, 0) is 30.5 Å². The summed E-state index contributed by atoms with van der Waals surface area (Å²) >= 11 is 5.89. The van der Waals surface area contributed by atoms with Gasteiger partial charge in [0.1, 0.15) is 0 Å². The van der Waals surface area contributed by atoms with Gasteiger partial charge in [0.2, 0.25) is 5.91 Å². The van der Waals surface area contributed by atoms with Gasteiger partial charge in [-0.1, -0.05) is 23.7 Å². The molecule has 3 rings (SSSR count). The standard InChI is InChI=1S/C15H16ClNO4/c16-11-3-1-10(2-4-11)15(5-6-15)14(20)17-7-8-21-12(9-17)13(18)19/h1-4,12H,5-9H2,(H,18,19)/t12-/m1/s1. The quantitative estimate of drug-likeness (QED) is 0.922. The maximum atomic E-state index is 12.8. The molecule has 1 aliphatic heterocycles. The lowest BCUT2D eigenvalue weighted by Gasteiger charge is -2.33. The highest BCUT2D eigenvalue weighted by Crippen LogP contribution is 2.49. The molecule has 5 nitrogen and oxygen atoms in total. The summed E-state index contributed by atoms with van der Waals surface area (Å²) in [6.07, 6.45) is 0.661. The number of benzene rings is 1. The van der Waals surface area contributed by atoms with Crippen molar-refractivity contribution >= 4 is 23.5 Å². The molecule has 1 atom stereocenters. The Morgan fingerprint density at radius 2 is 1.95 bits per heavy atom. The summed E-state index contributed by atoms with van der Waals surface area (Å²) in [5.41, 5.74) is 0.459. The van der Waals surface area contributed by atoms with Crippen LogP contribution in [0, 0.1) is 0 Å². The molecular weight excluding hydrogens is 294 g/mol. The highest BCUT2D eigenvalue weighted by Gasteiger charge is 2.53. The number of morpholine rings is 1. The Balaban J connectivity index is 1.78. The van der Waals surface area contributed by atoms with Crippen LogP contribution in [-0.2, 0) is 19.7 Å². The van der Waals surface area contributed by atoms with Crippen molar-refractivity contribution in [2.75, 3.05) is 19.7 Å². The van der Waals surface area contributed by atoms with Gasteiger partial charge >= 0.3 is 5.97 Å². The van der Waals surface area contributed by atoms with Crippen LogP contribution in [0.4, 0.5) is 0 Å². The first-order valence-electron chi connectivity index (χ1n) is 6.93. The highest BCUT2D eigenvalue weighted by atomic mass is 35.5. The summed E-state index contributed by atoms with van der Waals surface area (Å²) in [6.45, 7) is 0.820. The van der Waals surface area contributed by atoms with Gasteiger partial charge in [0.05, 0.1) is 18.6 Å². The van der Waals surface area contributed by atoms with E-state index in [-0.39, 0.29) is 19.1 Å². The molecule has 2 fully saturated rings. The number of halogens is 1. The minimum atomic E-state index is -1.02. The van der Waals surface area contributed by atoms with E-state index in [1.54, 1.807) is 17.0 Å². The summed E-state index contributed by atoms with van der Waals surface area (Å²) in [5, 5.41) is 9.66. The predicted octanol–water partition coefficient (Wildman–Crippen LogP) is 1.68. The fraction of sp³-hybridized carbons (Fsp3) is 0.467. The van der Waals surface area contributed by atoms with Crippen LogP contribution in [0.3, 0.4) is 0 Å². The monoisotopic (exact) mass is 309 g/mol. The lowest BCUT2D eigenvalue weighted by molar-refractivity contribution is -0.160. The van der Waals surface area contributed by atoms with Crippen molar-refractivity contribution < 1.29 is 19.4 Å². The second kappa shape index (κ2) is 5.31. The van der Waals surface area contributed by atoms with Gasteiger partial charge in [-0.2, -0.15) is 0 Å². The molecule has 1 aliphatic carbocycles. The molecule has 1 amide bonds. The maximum Gasteiger partial charge on any atom is 0.334 e. The van der Waals surface area contributed by atoms with Crippen LogP contribution >= 0.6 is 11.6 Å². The Morgan fingerprint density at radius 1 is 1.29 bits per heavy atom. The first kappa shape index (κ1) is 14.4. The molecular formula is C15H16ClNO4. The largest absolute Gasteiger partial charge is 0.479 e. The second-order valence-corrected chi connectivity index (χ2v) is 5.97. The molecule has 1 N–H and O–H groups in total. The molecule has 1 saturated carbocycles. The molecule has 0 aromatic heterocycles. The molecule has 0 unspecified atom stereocenters. The third-order valence-electron chi connectivity index (χ3n) is 4.19. The molecule has 112 valence electrons. The van der Waals surface area contributed by atoms with Crippen molar-refractivity contribution in [2.45, 2.75) is 24.4 Å². The number of nitrogens with zero attached hydrogens (tertiary/aromatic N) is 1. The summed E-state index contributed by atoms with van der Waals surface area (Å²) < 4.78 is 5.16. The van der Waals surface area contributed by atoms with Gasteiger partial charge in [0.25, 0.3) is 0 Å². The Bertz CT molecular complexity index is 568. The van der Waals surface area contributed by atoms with E-state index < -0.39 is 17.5 Å². The van der Waals surface area contributed by atoms with E-state index in [4.69, 9.17) is 21.4 Å². The maximum absolute atomic E-state index is 12.8. The lowest BCUT2D eigenvalue weighted by atomic mass is 9.94. The number of ether oxygens (including phenoxy) is 1. The van der Waals surface area contributed by atoms with Crippen LogP contribution in [0.5, 0.6) is 0 Å². The highest BCUT2D eigenvalue weighted by molar-refractivity contribution is 6.30. The molecule has 21 heavy (non-hydrogen) atoms. The molecule has 0 radical (unpaired) electrons. The van der Waals surface area contributed by atoms with E-state index in [9.17, 15) is 9.59 Å². The zero-order chi connectivity index (χ0) is 15.0. The minimum Gasteiger partial charge on any atom is -0.479 e. The molecule has 2 aliphatic rings. The lowest BCUT2D eigenvalue weighted by Crippen LogP contribution is -2.51. The molecule has 1 heterocycles. The van der Waals surface area contributed by atoms with Gasteiger partial charge in [-0.3, -0.25) is 4.79 Å². The number of hydrogen-bond donors (Lipinski definition) is 1. The number of aliphatic carboxylic acids is 1. The Kier molecular flexibility index (Phi) is 3.63. The van der Waals surface area contributed by atoms with Gasteiger partial charge < -0.3 is 14.7 Å². The summed E-state index contributed by atoms with van der Waals surface area (Å²) in [4.78, 5) is 25.4. The van der Waals surface area contributed by atoms with E-state index in [1.165, 1.54) is 0 Å². The van der Waals surface area contributed by atoms with Crippen molar-refractivity contribution in [3.05, 3.63) is 34.9 Å². The number of carbonyl (C=O) groups excluding carboxylic acids is 1. The smallest absolute Gasteiger partial charge is 0.334 e. The zero-order valence-electron chi connectivity index (χ0n) is 11.4. The van der Waals surface area contributed by atoms with E-state index >= 15 is 0 Å². The van der Waals surface area contributed by atoms with Gasteiger partial charge in [0.15, 0.2) is 6.10 Å². The Morgan fingerprint density at radius 3 is 2.52 bits per heavy atom. The van der Waals surface area contributed by atoms with Crippen LogP contribution in [0.2, 0.25) is 5.02 Å². The third-order valence-corrected chi connectivity index (χ3v) is 4.44. The number of amides is 1. The number of rotatable bonds is 3. The zero-order valence-corrected chi connectivity index (χ0v) is 12.2. The topological polar surface area (TPSA) is 66.8 Å². The van der Waals surface area contributed by atoms with Crippen molar-refractivity contribution in [1.29, 1.82) is 0 Å². The van der Waals surface area contributed by atoms with Crippen LogP contribution in [0.25, 0.3) is 0 Å². The van der Waals surface area contributed by atoms with Gasteiger partial charge in [-0.25, -0.2) is 4.79 Å². The van der Waals surface area contributed by atoms with Crippen molar-refractivity contribution in [3.8, 4) is 0 Å². The third kappa shape index (κ3) is 2.63. The minimum absolute atomic E-state index is 0.000581. The Labute approximate surface area is 127 Å². The van der Waals surface area contributed by atoms with Gasteiger partial charge in [-0.15, -0.1) is 0 Å². The average Bonchev–Trinajstić information content (AvgIpc) is 3.29. The van der Waals surface area contributed by atoms with E-state index in [1.807, 2.05) is 12.1 Å². The van der Waals surface area contributed by atoms with E-state index in [0.717, 1.165) is 18.4 Å². The molecule has 1 aromatic carbocycles. The molecule has 0 spiro atoms. The van der Waals surface area contributed by atoms with Crippen LogP contribution in [-0.4, -0.2) is 47.7 Å². The molecule has 0 bridgehead atoms. The van der Waals surface area contributed by atoms with E-state index in [0.29, 0.717) is 11.6 Å². The Hall–Kier alpha value is -1.59. The number of hydrogen-bond acceptors (Lipinski definition) is 3. The normalized spacial score (nSPS) is 23.7. The van der Waals surface area contributed by atoms with Crippen LogP contribution < -0.4 is 0 Å².